The molecule has 0 bridgehead atoms. The van der Waals surface area contributed by atoms with Crippen LogP contribution in [0.5, 0.6) is 0 Å². The molecule has 0 amide bonds. The number of hydrogen-bond donors (Lipinski definition) is 0. The average Bonchev–Trinajstić information content (AvgIpc) is 3.21. The van der Waals surface area contributed by atoms with Gasteiger partial charge in [-0.2, -0.15) is 0 Å². The summed E-state index contributed by atoms with van der Waals surface area (Å²) in [7, 11) is 0. The molecule has 2 heteroatoms. The molecule has 0 atom stereocenters. The lowest BCUT2D eigenvalue weighted by molar-refractivity contribution is 1.35. The summed E-state index contributed by atoms with van der Waals surface area (Å²) in [5.74, 6) is 0. The molecular formula is C50H36N2. The van der Waals surface area contributed by atoms with Crippen LogP contribution in [-0.4, -0.2) is 9.97 Å². The summed E-state index contributed by atoms with van der Waals surface area (Å²) in [6, 6.07) is 65.1. The van der Waals surface area contributed by atoms with Gasteiger partial charge in [-0.1, -0.05) is 181 Å². The lowest BCUT2D eigenvalue weighted by atomic mass is 9.92. The molecule has 2 nitrogen and oxygen atoms in total. The molecule has 0 aliphatic heterocycles. The fraction of sp³-hybridized carbons (Fsp3) is 0.0400. The molecule has 0 aliphatic rings. The summed E-state index contributed by atoms with van der Waals surface area (Å²) >= 11 is 0. The molecule has 0 unspecified atom stereocenters. The first-order valence-electron chi connectivity index (χ1n) is 17.8. The highest BCUT2D eigenvalue weighted by atomic mass is 14.8. The van der Waals surface area contributed by atoms with E-state index in [2.05, 4.69) is 196 Å². The number of rotatable bonds is 6. The van der Waals surface area contributed by atoms with E-state index in [0.717, 1.165) is 66.6 Å². The summed E-state index contributed by atoms with van der Waals surface area (Å²) in [5, 5.41) is 2.16. The molecule has 9 aromatic rings. The second kappa shape index (κ2) is 13.2. The van der Waals surface area contributed by atoms with Crippen LogP contribution in [0.25, 0.3) is 88.8 Å². The van der Waals surface area contributed by atoms with Crippen molar-refractivity contribution in [3.8, 4) is 67.0 Å². The van der Waals surface area contributed by atoms with Gasteiger partial charge < -0.3 is 0 Å². The average molecular weight is 665 g/mol. The number of hydrogen-bond acceptors (Lipinski definition) is 2. The molecule has 0 spiro atoms. The van der Waals surface area contributed by atoms with Crippen LogP contribution < -0.4 is 0 Å². The predicted molar refractivity (Wildman–Crippen MR) is 219 cm³/mol. The van der Waals surface area contributed by atoms with E-state index in [-0.39, 0.29) is 0 Å². The van der Waals surface area contributed by atoms with Gasteiger partial charge in [0.05, 0.1) is 22.4 Å². The van der Waals surface area contributed by atoms with Gasteiger partial charge in [0.15, 0.2) is 0 Å². The molecule has 9 rings (SSSR count). The van der Waals surface area contributed by atoms with Crippen molar-refractivity contribution in [2.24, 2.45) is 0 Å². The number of fused-ring (bicyclic) bond motifs is 3. The fourth-order valence-electron chi connectivity index (χ4n) is 7.14. The fourth-order valence-corrected chi connectivity index (χ4v) is 7.14. The van der Waals surface area contributed by atoms with E-state index in [1.807, 2.05) is 0 Å². The molecule has 246 valence electrons. The zero-order valence-electron chi connectivity index (χ0n) is 29.2. The van der Waals surface area contributed by atoms with Crippen molar-refractivity contribution in [1.29, 1.82) is 0 Å². The van der Waals surface area contributed by atoms with Gasteiger partial charge in [0.2, 0.25) is 0 Å². The number of aryl methyl sites for hydroxylation is 2. The minimum Gasteiger partial charge on any atom is -0.245 e. The third kappa shape index (κ3) is 5.95. The van der Waals surface area contributed by atoms with E-state index in [1.54, 1.807) is 0 Å². The van der Waals surface area contributed by atoms with E-state index < -0.39 is 0 Å². The van der Waals surface area contributed by atoms with E-state index in [9.17, 15) is 0 Å². The third-order valence-electron chi connectivity index (χ3n) is 10.1. The maximum Gasteiger partial charge on any atom is 0.0978 e. The Balaban J connectivity index is 1.29. The van der Waals surface area contributed by atoms with Crippen LogP contribution in [0, 0.1) is 13.8 Å². The number of pyridine rings is 2. The Kier molecular flexibility index (Phi) is 7.98. The van der Waals surface area contributed by atoms with Crippen LogP contribution in [0.4, 0.5) is 0 Å². The largest absolute Gasteiger partial charge is 0.245 e. The molecular weight excluding hydrogens is 629 g/mol. The van der Waals surface area contributed by atoms with E-state index in [4.69, 9.17) is 9.97 Å². The Bertz CT molecular complexity index is 2490. The second-order valence-electron chi connectivity index (χ2n) is 13.6. The highest BCUT2D eigenvalue weighted by molar-refractivity contribution is 6.13. The van der Waals surface area contributed by atoms with Crippen LogP contribution in [0.3, 0.4) is 0 Å². The number of nitrogens with zero attached hydrogens (tertiary/aromatic N) is 2. The quantitative estimate of drug-likeness (QED) is 0.165. The van der Waals surface area contributed by atoms with Crippen LogP contribution in [0.15, 0.2) is 182 Å². The lowest BCUT2D eigenvalue weighted by Crippen LogP contribution is -1.96. The van der Waals surface area contributed by atoms with Gasteiger partial charge in [-0.05, 0) is 70.5 Å². The van der Waals surface area contributed by atoms with Crippen molar-refractivity contribution in [3.05, 3.63) is 193 Å². The van der Waals surface area contributed by atoms with E-state index >= 15 is 0 Å². The van der Waals surface area contributed by atoms with Crippen molar-refractivity contribution in [2.75, 3.05) is 0 Å². The first kappa shape index (κ1) is 31.3. The van der Waals surface area contributed by atoms with Crippen molar-refractivity contribution in [3.63, 3.8) is 0 Å². The molecule has 0 aliphatic carbocycles. The summed E-state index contributed by atoms with van der Waals surface area (Å²) in [5.41, 5.74) is 17.6. The smallest absolute Gasteiger partial charge is 0.0978 e. The molecule has 0 saturated heterocycles. The van der Waals surface area contributed by atoms with Crippen molar-refractivity contribution in [1.82, 2.24) is 9.97 Å². The first-order chi connectivity index (χ1) is 25.6. The standard InChI is InChI=1S/C50H36N2/c1-33-13-17-41(18-14-33)47-31-45(39-25-21-37(22-26-39)35-9-5-3-6-10-35)43-29-30-44-46(40-27-23-38(24-28-40)36-11-7-4-8-12-36)32-48(52-50(44)49(43)51-47)42-19-15-34(2)16-20-42/h3-32H,1-2H3. The Hall–Kier alpha value is -6.64. The van der Waals surface area contributed by atoms with Gasteiger partial charge >= 0.3 is 0 Å². The van der Waals surface area contributed by atoms with Crippen molar-refractivity contribution in [2.45, 2.75) is 13.8 Å². The predicted octanol–water partition coefficient (Wildman–Crippen LogP) is 13.4. The summed E-state index contributed by atoms with van der Waals surface area (Å²) in [4.78, 5) is 10.9. The summed E-state index contributed by atoms with van der Waals surface area (Å²) < 4.78 is 0. The van der Waals surface area contributed by atoms with E-state index in [0.29, 0.717) is 0 Å². The molecule has 0 fully saturated rings. The number of benzene rings is 7. The normalized spacial score (nSPS) is 11.3. The SMILES string of the molecule is Cc1ccc(-c2cc(-c3ccc(-c4ccccc4)cc3)c3ccc4c(-c5ccc(-c6ccccc6)cc5)cc(-c5ccc(C)cc5)nc4c3n2)cc1. The van der Waals surface area contributed by atoms with Gasteiger partial charge in [-0.15, -0.1) is 0 Å². The van der Waals surface area contributed by atoms with Gasteiger partial charge in [-0.3, -0.25) is 0 Å². The highest BCUT2D eigenvalue weighted by Gasteiger charge is 2.18. The van der Waals surface area contributed by atoms with Gasteiger partial charge in [0.25, 0.3) is 0 Å². The number of aromatic nitrogens is 2. The molecule has 2 aromatic heterocycles. The second-order valence-corrected chi connectivity index (χ2v) is 13.6. The van der Waals surface area contributed by atoms with Crippen LogP contribution in [0.1, 0.15) is 11.1 Å². The highest BCUT2D eigenvalue weighted by Crippen LogP contribution is 2.40. The van der Waals surface area contributed by atoms with Crippen LogP contribution in [0.2, 0.25) is 0 Å². The minimum atomic E-state index is 0.897. The van der Waals surface area contributed by atoms with Gasteiger partial charge in [0, 0.05) is 21.9 Å². The maximum atomic E-state index is 5.43. The Morgan fingerprint density at radius 3 is 0.962 bits per heavy atom. The lowest BCUT2D eigenvalue weighted by Gasteiger charge is -2.16. The summed E-state index contributed by atoms with van der Waals surface area (Å²) in [6.45, 7) is 4.24. The van der Waals surface area contributed by atoms with Gasteiger partial charge in [-0.25, -0.2) is 9.97 Å². The van der Waals surface area contributed by atoms with Crippen LogP contribution >= 0.6 is 0 Å². The molecule has 0 saturated carbocycles. The zero-order chi connectivity index (χ0) is 35.0. The Labute approximate surface area is 304 Å². The summed E-state index contributed by atoms with van der Waals surface area (Å²) in [6.07, 6.45) is 0. The minimum absolute atomic E-state index is 0.897. The van der Waals surface area contributed by atoms with Crippen molar-refractivity contribution >= 4 is 21.8 Å². The third-order valence-corrected chi connectivity index (χ3v) is 10.1. The first-order valence-corrected chi connectivity index (χ1v) is 17.8. The zero-order valence-corrected chi connectivity index (χ0v) is 29.2. The topological polar surface area (TPSA) is 25.8 Å². The Morgan fingerprint density at radius 1 is 0.288 bits per heavy atom. The molecule has 52 heavy (non-hydrogen) atoms. The molecule has 7 aromatic carbocycles. The monoisotopic (exact) mass is 664 g/mol. The molecule has 2 heterocycles. The van der Waals surface area contributed by atoms with Gasteiger partial charge in [0.1, 0.15) is 0 Å². The van der Waals surface area contributed by atoms with E-state index in [1.165, 1.54) is 33.4 Å². The van der Waals surface area contributed by atoms with Crippen molar-refractivity contribution < 1.29 is 0 Å². The maximum absolute atomic E-state index is 5.43. The Morgan fingerprint density at radius 2 is 0.596 bits per heavy atom. The van der Waals surface area contributed by atoms with Crippen LogP contribution in [-0.2, 0) is 0 Å². The molecule has 0 N–H and O–H groups in total. The molecule has 0 radical (unpaired) electrons.